The lowest BCUT2D eigenvalue weighted by Crippen LogP contribution is -2.13. The lowest BCUT2D eigenvalue weighted by Gasteiger charge is -2.21. The average Bonchev–Trinajstić information content (AvgIpc) is 3.43. The predicted molar refractivity (Wildman–Crippen MR) is 120 cm³/mol. The Bertz CT molecular complexity index is 1150. The molecule has 0 unspecified atom stereocenters. The van der Waals surface area contributed by atoms with Gasteiger partial charge in [0.1, 0.15) is 5.75 Å². The molecule has 0 aliphatic carbocycles. The molecule has 5 rings (SSSR count). The topological polar surface area (TPSA) is 49.2 Å². The van der Waals surface area contributed by atoms with Gasteiger partial charge in [-0.25, -0.2) is 0 Å². The van der Waals surface area contributed by atoms with Crippen molar-refractivity contribution in [2.45, 2.75) is 24.1 Å². The third-order valence-electron chi connectivity index (χ3n) is 4.75. The molecule has 1 aliphatic rings. The number of thioether (sulfide) groups is 1. The number of nitrogens with zero attached hydrogens (tertiary/aromatic N) is 3. The van der Waals surface area contributed by atoms with Crippen LogP contribution in [0.25, 0.3) is 10.7 Å². The molecule has 8 heteroatoms. The highest BCUT2D eigenvalue weighted by Crippen LogP contribution is 2.36. The van der Waals surface area contributed by atoms with Gasteiger partial charge in [0.05, 0.1) is 18.0 Å². The summed E-state index contributed by atoms with van der Waals surface area (Å²) in [6.45, 7) is 1.49. The second-order valence-electron chi connectivity index (χ2n) is 6.81. The lowest BCUT2D eigenvalue weighted by atomic mass is 10.1. The number of hydrogen-bond acceptors (Lipinski definition) is 6. The van der Waals surface area contributed by atoms with Gasteiger partial charge in [-0.05, 0) is 29.1 Å². The van der Waals surface area contributed by atoms with Crippen LogP contribution >= 0.6 is 34.7 Å². The molecular formula is C22H18ClN3O2S2. The van der Waals surface area contributed by atoms with E-state index >= 15 is 0 Å². The summed E-state index contributed by atoms with van der Waals surface area (Å²) in [6, 6.07) is 18.3. The van der Waals surface area contributed by atoms with Gasteiger partial charge in [0.25, 0.3) is 0 Å². The molecular weight excluding hydrogens is 438 g/mol. The van der Waals surface area contributed by atoms with E-state index in [1.807, 2.05) is 24.3 Å². The van der Waals surface area contributed by atoms with Crippen molar-refractivity contribution < 1.29 is 9.47 Å². The van der Waals surface area contributed by atoms with Crippen molar-refractivity contribution >= 4 is 34.7 Å². The van der Waals surface area contributed by atoms with Gasteiger partial charge >= 0.3 is 0 Å². The minimum Gasteiger partial charge on any atom is -0.467 e. The van der Waals surface area contributed by atoms with Crippen LogP contribution in [0, 0.1) is 0 Å². The molecule has 4 aromatic rings. The Hall–Kier alpha value is -2.32. The van der Waals surface area contributed by atoms with E-state index in [9.17, 15) is 0 Å². The molecule has 0 saturated carbocycles. The predicted octanol–water partition coefficient (Wildman–Crippen LogP) is 5.87. The summed E-state index contributed by atoms with van der Waals surface area (Å²) in [5, 5.41) is 12.6. The molecule has 2 aromatic heterocycles. The zero-order valence-corrected chi connectivity index (χ0v) is 18.3. The van der Waals surface area contributed by atoms with Crippen LogP contribution in [0.15, 0.2) is 65.1 Å². The molecule has 2 aromatic carbocycles. The van der Waals surface area contributed by atoms with Gasteiger partial charge in [-0.3, -0.25) is 4.57 Å². The minimum atomic E-state index is 0.263. The van der Waals surface area contributed by atoms with Crippen molar-refractivity contribution in [1.82, 2.24) is 14.8 Å². The Morgan fingerprint density at radius 3 is 2.83 bits per heavy atom. The quantitative estimate of drug-likeness (QED) is 0.340. The van der Waals surface area contributed by atoms with E-state index in [2.05, 4.69) is 50.5 Å². The van der Waals surface area contributed by atoms with Crippen LogP contribution in [0.3, 0.4) is 0 Å². The van der Waals surface area contributed by atoms with E-state index < -0.39 is 0 Å². The molecule has 0 N–H and O–H groups in total. The Labute approximate surface area is 187 Å². The second-order valence-corrected chi connectivity index (χ2v) is 9.13. The summed E-state index contributed by atoms with van der Waals surface area (Å²) in [5.41, 5.74) is 3.23. The van der Waals surface area contributed by atoms with Crippen molar-refractivity contribution in [3.8, 4) is 16.5 Å². The highest BCUT2D eigenvalue weighted by Gasteiger charge is 2.19. The van der Waals surface area contributed by atoms with Crippen molar-refractivity contribution in [2.24, 2.45) is 0 Å². The van der Waals surface area contributed by atoms with Gasteiger partial charge in [0, 0.05) is 21.9 Å². The molecule has 5 nitrogen and oxygen atoms in total. The number of thiophene rings is 1. The van der Waals surface area contributed by atoms with Crippen LogP contribution in [0.2, 0.25) is 5.02 Å². The highest BCUT2D eigenvalue weighted by atomic mass is 35.5. The largest absolute Gasteiger partial charge is 0.467 e. The highest BCUT2D eigenvalue weighted by molar-refractivity contribution is 7.98. The molecule has 1 aliphatic heterocycles. The van der Waals surface area contributed by atoms with Crippen molar-refractivity contribution in [2.75, 3.05) is 6.79 Å². The molecule has 0 radical (unpaired) electrons. The zero-order chi connectivity index (χ0) is 20.3. The van der Waals surface area contributed by atoms with E-state index in [4.69, 9.17) is 21.1 Å². The molecule has 152 valence electrons. The van der Waals surface area contributed by atoms with E-state index in [-0.39, 0.29) is 6.79 Å². The summed E-state index contributed by atoms with van der Waals surface area (Å²) in [6.07, 6.45) is 0. The maximum absolute atomic E-state index is 6.32. The number of ether oxygens (including phenoxy) is 2. The summed E-state index contributed by atoms with van der Waals surface area (Å²) in [5.74, 6) is 2.43. The fourth-order valence-electron chi connectivity index (χ4n) is 3.40. The first kappa shape index (κ1) is 19.6. The first-order valence-electron chi connectivity index (χ1n) is 9.43. The van der Waals surface area contributed by atoms with E-state index in [0.717, 1.165) is 32.7 Å². The van der Waals surface area contributed by atoms with E-state index in [1.165, 1.54) is 5.56 Å². The second kappa shape index (κ2) is 8.81. The zero-order valence-electron chi connectivity index (χ0n) is 16.0. The number of benzene rings is 2. The molecule has 30 heavy (non-hydrogen) atoms. The molecule has 0 bridgehead atoms. The standard InChI is InChI=1S/C22H18ClN3O2S2/c23-18-9-16-12-27-14-28-20(16)17(10-18)13-30-22-25-24-21(19-7-4-8-29-19)26(22)11-15-5-2-1-3-6-15/h1-10H,11-14H2. The molecule has 0 saturated heterocycles. The minimum absolute atomic E-state index is 0.263. The van der Waals surface area contributed by atoms with Gasteiger partial charge in [-0.1, -0.05) is 59.8 Å². The Kier molecular flexibility index (Phi) is 5.77. The molecule has 0 fully saturated rings. The fraction of sp³-hybridized carbons (Fsp3) is 0.182. The average molecular weight is 456 g/mol. The maximum Gasteiger partial charge on any atom is 0.192 e. The summed E-state index contributed by atoms with van der Waals surface area (Å²) in [7, 11) is 0. The van der Waals surface area contributed by atoms with E-state index in [1.54, 1.807) is 23.1 Å². The van der Waals surface area contributed by atoms with Crippen LogP contribution in [0.1, 0.15) is 16.7 Å². The van der Waals surface area contributed by atoms with Gasteiger partial charge in [0.15, 0.2) is 17.8 Å². The van der Waals surface area contributed by atoms with Crippen LogP contribution in [0.5, 0.6) is 5.75 Å². The summed E-state index contributed by atoms with van der Waals surface area (Å²) < 4.78 is 13.3. The van der Waals surface area contributed by atoms with Crippen LogP contribution < -0.4 is 4.74 Å². The SMILES string of the molecule is Clc1cc2c(c(CSc3nnc(-c4cccs4)n3Cc3ccccc3)c1)OCOC2. The van der Waals surface area contributed by atoms with Gasteiger partial charge in [-0.15, -0.1) is 21.5 Å². The van der Waals surface area contributed by atoms with Crippen molar-refractivity contribution in [1.29, 1.82) is 0 Å². The maximum atomic E-state index is 6.32. The van der Waals surface area contributed by atoms with Gasteiger partial charge < -0.3 is 9.47 Å². The normalized spacial score (nSPS) is 13.1. The number of aromatic nitrogens is 3. The Balaban J connectivity index is 1.46. The number of rotatable bonds is 6. The molecule has 3 heterocycles. The number of halogens is 1. The molecule has 0 atom stereocenters. The Morgan fingerprint density at radius 2 is 2.00 bits per heavy atom. The lowest BCUT2D eigenvalue weighted by molar-refractivity contribution is -0.0168. The first-order chi connectivity index (χ1) is 14.8. The van der Waals surface area contributed by atoms with Crippen LogP contribution in [0.4, 0.5) is 0 Å². The monoisotopic (exact) mass is 455 g/mol. The van der Waals surface area contributed by atoms with Gasteiger partial charge in [-0.2, -0.15) is 0 Å². The smallest absolute Gasteiger partial charge is 0.192 e. The fourth-order valence-corrected chi connectivity index (χ4v) is 5.28. The van der Waals surface area contributed by atoms with Crippen molar-refractivity contribution in [3.05, 3.63) is 81.7 Å². The molecule has 0 spiro atoms. The third kappa shape index (κ3) is 4.11. The number of fused-ring (bicyclic) bond motifs is 1. The number of hydrogen-bond donors (Lipinski definition) is 0. The Morgan fingerprint density at radius 1 is 1.10 bits per heavy atom. The summed E-state index contributed by atoms with van der Waals surface area (Å²) in [4.78, 5) is 1.10. The van der Waals surface area contributed by atoms with Crippen LogP contribution in [-0.4, -0.2) is 21.6 Å². The van der Waals surface area contributed by atoms with Crippen molar-refractivity contribution in [3.63, 3.8) is 0 Å². The van der Waals surface area contributed by atoms with Gasteiger partial charge in [0.2, 0.25) is 0 Å². The molecule has 0 amide bonds. The summed E-state index contributed by atoms with van der Waals surface area (Å²) >= 11 is 9.62. The van der Waals surface area contributed by atoms with Crippen LogP contribution in [-0.2, 0) is 23.6 Å². The third-order valence-corrected chi connectivity index (χ3v) is 6.85. The first-order valence-corrected chi connectivity index (χ1v) is 11.7. The van der Waals surface area contributed by atoms with E-state index in [0.29, 0.717) is 23.9 Å².